The van der Waals surface area contributed by atoms with Gasteiger partial charge in [0, 0.05) is 33.2 Å². The minimum atomic E-state index is -2.93. The number of aromatic nitrogens is 4. The average Bonchev–Trinajstić information content (AvgIpc) is 3.83. The quantitative estimate of drug-likeness (QED) is 0.0958. The molecule has 0 N–H and O–H groups in total. The number of nitrogens with zero attached hydrogens (tertiary/aromatic N) is 4. The lowest BCUT2D eigenvalue weighted by atomic mass is 9.97. The van der Waals surface area contributed by atoms with Crippen molar-refractivity contribution in [2.24, 2.45) is 0 Å². The Morgan fingerprint density at radius 3 is 1.12 bits per heavy atom. The first-order valence-electron chi connectivity index (χ1n) is 26.8. The van der Waals surface area contributed by atoms with Gasteiger partial charge in [-0.05, 0) is 124 Å². The zero-order valence-electron chi connectivity index (χ0n) is 44.2. The van der Waals surface area contributed by atoms with Crippen molar-refractivity contribution in [3.8, 4) is 73.2 Å². The summed E-state index contributed by atoms with van der Waals surface area (Å²) in [5, 5.41) is 7.62. The van der Waals surface area contributed by atoms with Crippen molar-refractivity contribution in [1.29, 1.82) is 0 Å². The molecule has 13 aromatic rings. The second-order valence-corrected chi connectivity index (χ2v) is 24.6. The van der Waals surface area contributed by atoms with Crippen molar-refractivity contribution in [2.75, 3.05) is 0 Å². The number of aryl methyl sites for hydroxylation is 4. The average molecular weight is 1020 g/mol. The van der Waals surface area contributed by atoms with Crippen LogP contribution in [0.3, 0.4) is 0 Å². The largest absolute Gasteiger partial charge is 0.309 e. The van der Waals surface area contributed by atoms with Gasteiger partial charge in [0.1, 0.15) is 0 Å². The summed E-state index contributed by atoms with van der Waals surface area (Å²) < 4.78 is 2.45. The Labute approximate surface area is 457 Å². The molecule has 13 rings (SSSR count). The molecule has 2 aromatic heterocycles. The second-order valence-electron chi connectivity index (χ2n) is 20.7. The Hall–Kier alpha value is -9.55. The molecule has 4 nitrogen and oxygen atoms in total. The SMILES string of the molecule is Cc1cc(C)cc(-c2ccc3c(c2)c2cc(-c4cc(C)cc(C)c4)ccc2n3-c2ccc(-c3nc(-c4ccccc4)nc(-c4ccccc4)n3)c(-c3cccc([Si](c4ccccc4)(c4ccccc4)c4ccccc4)c3)c2)c1. The highest BCUT2D eigenvalue weighted by atomic mass is 28.3. The van der Waals surface area contributed by atoms with Crippen LogP contribution < -0.4 is 20.7 Å². The molecule has 2 heterocycles. The fourth-order valence-electron chi connectivity index (χ4n) is 12.0. The van der Waals surface area contributed by atoms with Crippen LogP contribution in [0.15, 0.2) is 267 Å². The van der Waals surface area contributed by atoms with E-state index in [1.54, 1.807) is 0 Å². The Morgan fingerprint density at radius 1 is 0.269 bits per heavy atom. The molecule has 0 aliphatic carbocycles. The van der Waals surface area contributed by atoms with Gasteiger partial charge in [0.25, 0.3) is 0 Å². The Bertz CT molecular complexity index is 4040. The first-order chi connectivity index (χ1) is 38.3. The summed E-state index contributed by atoms with van der Waals surface area (Å²) in [6.07, 6.45) is 0. The molecular weight excluding hydrogens is 961 g/mol. The summed E-state index contributed by atoms with van der Waals surface area (Å²) in [5.74, 6) is 1.84. The van der Waals surface area contributed by atoms with Crippen molar-refractivity contribution in [2.45, 2.75) is 27.7 Å². The molecule has 0 aliphatic heterocycles. The van der Waals surface area contributed by atoms with E-state index in [0.29, 0.717) is 17.5 Å². The minimum absolute atomic E-state index is 0.603. The van der Waals surface area contributed by atoms with Gasteiger partial charge in [-0.3, -0.25) is 0 Å². The molecule has 0 amide bonds. The van der Waals surface area contributed by atoms with Crippen LogP contribution in [0.5, 0.6) is 0 Å². The molecule has 0 aliphatic rings. The number of rotatable bonds is 11. The molecule has 0 fully saturated rings. The maximum absolute atomic E-state index is 5.37. The van der Waals surface area contributed by atoms with Gasteiger partial charge in [-0.15, -0.1) is 0 Å². The summed E-state index contributed by atoms with van der Waals surface area (Å²) in [6.45, 7) is 8.73. The van der Waals surface area contributed by atoms with Crippen LogP contribution in [0, 0.1) is 27.7 Å². The number of fused-ring (bicyclic) bond motifs is 3. The van der Waals surface area contributed by atoms with E-state index < -0.39 is 8.07 Å². The fraction of sp³-hybridized carbons (Fsp3) is 0.0548. The molecular formula is C73H56N4Si. The van der Waals surface area contributed by atoms with Crippen molar-refractivity contribution >= 4 is 50.6 Å². The van der Waals surface area contributed by atoms with E-state index in [0.717, 1.165) is 44.5 Å². The van der Waals surface area contributed by atoms with E-state index >= 15 is 0 Å². The number of benzene rings is 11. The van der Waals surface area contributed by atoms with Crippen LogP contribution in [0.4, 0.5) is 0 Å². The van der Waals surface area contributed by atoms with Crippen LogP contribution in [0.2, 0.25) is 0 Å². The molecule has 0 saturated heterocycles. The van der Waals surface area contributed by atoms with Crippen molar-refractivity contribution in [3.05, 3.63) is 289 Å². The molecule has 5 heteroatoms. The third-order valence-corrected chi connectivity index (χ3v) is 20.1. The maximum Gasteiger partial charge on any atom is 0.179 e. The zero-order valence-corrected chi connectivity index (χ0v) is 45.2. The highest BCUT2D eigenvalue weighted by molar-refractivity contribution is 7.19. The van der Waals surface area contributed by atoms with Crippen molar-refractivity contribution in [1.82, 2.24) is 19.5 Å². The first kappa shape index (κ1) is 48.1. The molecule has 0 unspecified atom stereocenters. The van der Waals surface area contributed by atoms with Crippen LogP contribution >= 0.6 is 0 Å². The lowest BCUT2D eigenvalue weighted by Gasteiger charge is -2.34. The van der Waals surface area contributed by atoms with Gasteiger partial charge < -0.3 is 4.57 Å². The third-order valence-electron chi connectivity index (χ3n) is 15.3. The van der Waals surface area contributed by atoms with Crippen LogP contribution in [-0.2, 0) is 0 Å². The second kappa shape index (κ2) is 20.2. The third kappa shape index (κ3) is 8.84. The standard InChI is InChI=1S/C73H56N4Si/c1-49-39-50(2)42-58(41-49)55-33-37-69-67(46-55)68-47-56(59-43-51(3)40-52(4)44-59)34-38-70(68)77(69)60-35-36-65(73-75-71(53-21-10-5-11-22-53)74-72(76-73)54-23-12-6-13-24-54)66(48-60)57-25-20-32-64(45-57)78(61-26-14-7-15-27-61,62-28-16-8-17-29-62)63-30-18-9-19-31-63/h5-48H,1-4H3. The number of hydrogen-bond acceptors (Lipinski definition) is 3. The van der Waals surface area contributed by atoms with Gasteiger partial charge in [0.15, 0.2) is 25.5 Å². The molecule has 78 heavy (non-hydrogen) atoms. The topological polar surface area (TPSA) is 43.6 Å². The minimum Gasteiger partial charge on any atom is -0.309 e. The summed E-state index contributed by atoms with van der Waals surface area (Å²) >= 11 is 0. The van der Waals surface area contributed by atoms with Crippen LogP contribution in [-0.4, -0.2) is 27.6 Å². The molecule has 372 valence electrons. The van der Waals surface area contributed by atoms with Crippen molar-refractivity contribution < 1.29 is 0 Å². The van der Waals surface area contributed by atoms with Gasteiger partial charge >= 0.3 is 0 Å². The molecule has 11 aromatic carbocycles. The summed E-state index contributed by atoms with van der Waals surface area (Å²) in [7, 11) is -2.93. The molecule has 0 saturated carbocycles. The van der Waals surface area contributed by atoms with E-state index in [1.165, 1.54) is 76.0 Å². The Morgan fingerprint density at radius 2 is 0.667 bits per heavy atom. The van der Waals surface area contributed by atoms with Crippen LogP contribution in [0.1, 0.15) is 22.3 Å². The summed E-state index contributed by atoms with van der Waals surface area (Å²) in [5.41, 5.74) is 18.0. The summed E-state index contributed by atoms with van der Waals surface area (Å²) in [4.78, 5) is 15.9. The van der Waals surface area contributed by atoms with Crippen molar-refractivity contribution in [3.63, 3.8) is 0 Å². The van der Waals surface area contributed by atoms with Gasteiger partial charge in [-0.25, -0.2) is 15.0 Å². The molecule has 0 atom stereocenters. The van der Waals surface area contributed by atoms with E-state index in [-0.39, 0.29) is 0 Å². The number of hydrogen-bond donors (Lipinski definition) is 0. The molecule has 0 radical (unpaired) electrons. The molecule has 0 spiro atoms. The molecule has 0 bridgehead atoms. The summed E-state index contributed by atoms with van der Waals surface area (Å²) in [6, 6.07) is 97.8. The highest BCUT2D eigenvalue weighted by Gasteiger charge is 2.41. The van der Waals surface area contributed by atoms with Crippen LogP contribution in [0.25, 0.3) is 95.0 Å². The van der Waals surface area contributed by atoms with E-state index in [2.05, 4.69) is 263 Å². The van der Waals surface area contributed by atoms with Gasteiger partial charge in [-0.1, -0.05) is 247 Å². The highest BCUT2D eigenvalue weighted by Crippen LogP contribution is 2.41. The lowest BCUT2D eigenvalue weighted by molar-refractivity contribution is 1.07. The lowest BCUT2D eigenvalue weighted by Crippen LogP contribution is -2.74. The Kier molecular flexibility index (Phi) is 12.5. The van der Waals surface area contributed by atoms with Gasteiger partial charge in [0.05, 0.1) is 11.0 Å². The zero-order chi connectivity index (χ0) is 52.7. The fourth-order valence-corrected chi connectivity index (χ4v) is 16.8. The van der Waals surface area contributed by atoms with E-state index in [9.17, 15) is 0 Å². The maximum atomic E-state index is 5.37. The van der Waals surface area contributed by atoms with Gasteiger partial charge in [-0.2, -0.15) is 0 Å². The van der Waals surface area contributed by atoms with E-state index in [1.807, 2.05) is 36.4 Å². The first-order valence-corrected chi connectivity index (χ1v) is 28.8. The van der Waals surface area contributed by atoms with Gasteiger partial charge in [0.2, 0.25) is 0 Å². The Balaban J connectivity index is 1.10. The smallest absolute Gasteiger partial charge is 0.179 e. The monoisotopic (exact) mass is 1020 g/mol. The predicted molar refractivity (Wildman–Crippen MR) is 329 cm³/mol. The van der Waals surface area contributed by atoms with E-state index in [4.69, 9.17) is 15.0 Å². The normalized spacial score (nSPS) is 11.6. The predicted octanol–water partition coefficient (Wildman–Crippen LogP) is 15.6.